The zero-order valence-electron chi connectivity index (χ0n) is 13.1. The van der Waals surface area contributed by atoms with Gasteiger partial charge in [0.15, 0.2) is 0 Å². The van der Waals surface area contributed by atoms with Crippen molar-refractivity contribution in [2.75, 3.05) is 13.1 Å². The average molecular weight is 309 g/mol. The van der Waals surface area contributed by atoms with Crippen LogP contribution < -0.4 is 10.6 Å². The van der Waals surface area contributed by atoms with Crippen LogP contribution in [0.1, 0.15) is 45.2 Å². The Labute approximate surface area is 132 Å². The van der Waals surface area contributed by atoms with E-state index in [1.54, 1.807) is 0 Å². The molecule has 1 fully saturated rings. The van der Waals surface area contributed by atoms with Gasteiger partial charge in [0, 0.05) is 11.6 Å². The van der Waals surface area contributed by atoms with Crippen LogP contribution in [0.25, 0.3) is 0 Å². The molecule has 0 aromatic heterocycles. The Morgan fingerprint density at radius 3 is 2.57 bits per heavy atom. The van der Waals surface area contributed by atoms with Crippen LogP contribution in [0.15, 0.2) is 24.3 Å². The van der Waals surface area contributed by atoms with Crippen LogP contribution in [0.5, 0.6) is 0 Å². The second-order valence-corrected chi connectivity index (χ2v) is 7.50. The second-order valence-electron chi connectivity index (χ2n) is 7.07. The van der Waals surface area contributed by atoms with Crippen LogP contribution >= 0.6 is 11.6 Å². The van der Waals surface area contributed by atoms with Gasteiger partial charge in [0.25, 0.3) is 0 Å². The first kappa shape index (κ1) is 16.3. The number of benzene rings is 1. The molecule has 0 saturated carbocycles. The summed E-state index contributed by atoms with van der Waals surface area (Å²) < 4.78 is 0. The Balaban J connectivity index is 2.11. The summed E-state index contributed by atoms with van der Waals surface area (Å²) in [5.41, 5.74) is 1.26. The second kappa shape index (κ2) is 6.80. The van der Waals surface area contributed by atoms with E-state index >= 15 is 0 Å². The summed E-state index contributed by atoms with van der Waals surface area (Å²) in [6.07, 6.45) is 1.83. The number of rotatable bonds is 4. The molecule has 0 aliphatic carbocycles. The summed E-state index contributed by atoms with van der Waals surface area (Å²) in [6, 6.07) is 7.82. The van der Waals surface area contributed by atoms with Gasteiger partial charge in [0.1, 0.15) is 0 Å². The number of hydrogen-bond acceptors (Lipinski definition) is 2. The minimum atomic E-state index is 0.0374. The zero-order chi connectivity index (χ0) is 15.5. The number of halogens is 1. The molecule has 1 aliphatic rings. The van der Waals surface area contributed by atoms with Gasteiger partial charge in [-0.15, -0.1) is 0 Å². The quantitative estimate of drug-likeness (QED) is 0.893. The molecule has 116 valence electrons. The fourth-order valence-electron chi connectivity index (χ4n) is 2.73. The van der Waals surface area contributed by atoms with Crippen LogP contribution in [0.3, 0.4) is 0 Å². The maximum atomic E-state index is 12.4. The predicted molar refractivity (Wildman–Crippen MR) is 87.4 cm³/mol. The first-order valence-electron chi connectivity index (χ1n) is 7.62. The summed E-state index contributed by atoms with van der Waals surface area (Å²) in [5.74, 6) is 0.254. The molecule has 1 aromatic carbocycles. The fourth-order valence-corrected chi connectivity index (χ4v) is 2.85. The molecule has 21 heavy (non-hydrogen) atoms. The predicted octanol–water partition coefficient (Wildman–Crippen LogP) is 3.54. The minimum Gasteiger partial charge on any atom is -0.349 e. The molecule has 1 aliphatic heterocycles. The maximum Gasteiger partial charge on any atom is 0.224 e. The zero-order valence-corrected chi connectivity index (χ0v) is 13.8. The van der Waals surface area contributed by atoms with E-state index in [4.69, 9.17) is 11.6 Å². The van der Waals surface area contributed by atoms with E-state index in [2.05, 4.69) is 31.4 Å². The van der Waals surface area contributed by atoms with Crippen LogP contribution in [0, 0.1) is 11.3 Å². The van der Waals surface area contributed by atoms with Gasteiger partial charge in [-0.3, -0.25) is 4.79 Å². The van der Waals surface area contributed by atoms with E-state index < -0.39 is 0 Å². The number of amides is 1. The van der Waals surface area contributed by atoms with Gasteiger partial charge in [-0.2, -0.15) is 0 Å². The lowest BCUT2D eigenvalue weighted by molar-refractivity contribution is -0.125. The summed E-state index contributed by atoms with van der Waals surface area (Å²) in [5, 5.41) is 7.19. The summed E-state index contributed by atoms with van der Waals surface area (Å²) in [7, 11) is 0. The lowest BCUT2D eigenvalue weighted by Gasteiger charge is -2.28. The largest absolute Gasteiger partial charge is 0.349 e. The Kier molecular flexibility index (Phi) is 5.28. The SMILES string of the molecule is CC(C)(C)CC(NC(=O)C1CCNC1)c1ccc(Cl)cc1. The van der Waals surface area contributed by atoms with Crippen molar-refractivity contribution in [3.8, 4) is 0 Å². The van der Waals surface area contributed by atoms with E-state index in [1.807, 2.05) is 24.3 Å². The maximum absolute atomic E-state index is 12.4. The van der Waals surface area contributed by atoms with E-state index in [1.165, 1.54) is 0 Å². The monoisotopic (exact) mass is 308 g/mol. The Morgan fingerprint density at radius 2 is 2.05 bits per heavy atom. The standard InChI is InChI=1S/C17H25ClN2O/c1-17(2,3)10-15(12-4-6-14(18)7-5-12)20-16(21)13-8-9-19-11-13/h4-7,13,15,19H,8-11H2,1-3H3,(H,20,21). The Morgan fingerprint density at radius 1 is 1.38 bits per heavy atom. The van der Waals surface area contributed by atoms with Gasteiger partial charge in [-0.1, -0.05) is 44.5 Å². The molecular formula is C17H25ClN2O. The molecule has 2 N–H and O–H groups in total. The van der Waals surface area contributed by atoms with Gasteiger partial charge in [-0.25, -0.2) is 0 Å². The van der Waals surface area contributed by atoms with Gasteiger partial charge in [0.2, 0.25) is 5.91 Å². The molecule has 2 rings (SSSR count). The van der Waals surface area contributed by atoms with Crippen LogP contribution in [-0.2, 0) is 4.79 Å². The van der Waals surface area contributed by atoms with E-state index in [-0.39, 0.29) is 23.3 Å². The van der Waals surface area contributed by atoms with Crippen LogP contribution in [0.4, 0.5) is 0 Å². The molecule has 0 bridgehead atoms. The molecule has 3 nitrogen and oxygen atoms in total. The molecule has 1 amide bonds. The van der Waals surface area contributed by atoms with Crippen molar-refractivity contribution in [1.82, 2.24) is 10.6 Å². The van der Waals surface area contributed by atoms with Crippen molar-refractivity contribution in [1.29, 1.82) is 0 Å². The third-order valence-electron chi connectivity index (χ3n) is 3.84. The highest BCUT2D eigenvalue weighted by Gasteiger charge is 2.27. The molecular weight excluding hydrogens is 284 g/mol. The van der Waals surface area contributed by atoms with Gasteiger partial charge in [-0.05, 0) is 42.5 Å². The Bertz CT molecular complexity index is 473. The molecule has 2 unspecified atom stereocenters. The smallest absolute Gasteiger partial charge is 0.224 e. The normalized spacial score (nSPS) is 20.3. The van der Waals surface area contributed by atoms with Crippen molar-refractivity contribution < 1.29 is 4.79 Å². The van der Waals surface area contributed by atoms with Crippen molar-refractivity contribution in [2.24, 2.45) is 11.3 Å². The van der Waals surface area contributed by atoms with E-state index in [0.717, 1.165) is 36.5 Å². The van der Waals surface area contributed by atoms with E-state index in [0.29, 0.717) is 0 Å². The minimum absolute atomic E-state index is 0.0374. The van der Waals surface area contributed by atoms with E-state index in [9.17, 15) is 4.79 Å². The first-order valence-corrected chi connectivity index (χ1v) is 7.99. The number of hydrogen-bond donors (Lipinski definition) is 2. The van der Waals surface area contributed by atoms with Crippen molar-refractivity contribution in [3.05, 3.63) is 34.9 Å². The highest BCUT2D eigenvalue weighted by Crippen LogP contribution is 2.30. The first-order chi connectivity index (χ1) is 9.85. The number of nitrogens with one attached hydrogen (secondary N) is 2. The summed E-state index contributed by atoms with van der Waals surface area (Å²) in [4.78, 5) is 12.4. The summed E-state index contributed by atoms with van der Waals surface area (Å²) >= 11 is 5.96. The lowest BCUT2D eigenvalue weighted by atomic mass is 9.85. The Hall–Kier alpha value is -1.06. The molecule has 2 atom stereocenters. The summed E-state index contributed by atoms with van der Waals surface area (Å²) in [6.45, 7) is 8.30. The molecule has 0 spiro atoms. The number of carbonyl (C=O) groups excluding carboxylic acids is 1. The van der Waals surface area contributed by atoms with Gasteiger partial charge >= 0.3 is 0 Å². The molecule has 4 heteroatoms. The molecule has 1 heterocycles. The molecule has 1 aromatic rings. The van der Waals surface area contributed by atoms with Crippen molar-refractivity contribution >= 4 is 17.5 Å². The molecule has 0 radical (unpaired) electrons. The number of carbonyl (C=O) groups is 1. The third-order valence-corrected chi connectivity index (χ3v) is 4.09. The third kappa shape index (κ3) is 5.01. The highest BCUT2D eigenvalue weighted by atomic mass is 35.5. The molecule has 1 saturated heterocycles. The average Bonchev–Trinajstić information content (AvgIpc) is 2.91. The highest BCUT2D eigenvalue weighted by molar-refractivity contribution is 6.30. The van der Waals surface area contributed by atoms with Crippen molar-refractivity contribution in [3.63, 3.8) is 0 Å². The van der Waals surface area contributed by atoms with Crippen LogP contribution in [0.2, 0.25) is 5.02 Å². The van der Waals surface area contributed by atoms with Crippen molar-refractivity contribution in [2.45, 2.75) is 39.7 Å². The van der Waals surface area contributed by atoms with Gasteiger partial charge < -0.3 is 10.6 Å². The van der Waals surface area contributed by atoms with Gasteiger partial charge in [0.05, 0.1) is 12.0 Å². The topological polar surface area (TPSA) is 41.1 Å². The lowest BCUT2D eigenvalue weighted by Crippen LogP contribution is -2.36. The fraction of sp³-hybridized carbons (Fsp3) is 0.588. The van der Waals surface area contributed by atoms with Crippen LogP contribution in [-0.4, -0.2) is 19.0 Å².